The average molecular weight is 628 g/mol. The van der Waals surface area contributed by atoms with E-state index in [9.17, 15) is 0 Å². The molecule has 2 aliphatic carbocycles. The summed E-state index contributed by atoms with van der Waals surface area (Å²) in [6.45, 7) is 0. The molecule has 1 aliphatic heterocycles. The van der Waals surface area contributed by atoms with Crippen LogP contribution >= 0.6 is 23.2 Å². The van der Waals surface area contributed by atoms with E-state index in [4.69, 9.17) is 27.9 Å². The minimum Gasteiger partial charge on any atom is -1.00 e. The first-order valence-corrected chi connectivity index (χ1v) is 14.5. The predicted octanol–water partition coefficient (Wildman–Crippen LogP) is 2.86. The molecule has 0 amide bonds. The fourth-order valence-corrected chi connectivity index (χ4v) is 10.2. The van der Waals surface area contributed by atoms with Crippen LogP contribution in [0.3, 0.4) is 0 Å². The summed E-state index contributed by atoms with van der Waals surface area (Å²) in [7, 11) is 0. The van der Waals surface area contributed by atoms with Gasteiger partial charge >= 0.3 is 222 Å². The van der Waals surface area contributed by atoms with Crippen molar-refractivity contribution in [3.8, 4) is 11.5 Å². The molecule has 0 saturated heterocycles. The van der Waals surface area contributed by atoms with Gasteiger partial charge in [-0.3, -0.25) is 0 Å². The molecule has 7 rings (SSSR count). The molecule has 0 saturated carbocycles. The van der Waals surface area contributed by atoms with Crippen LogP contribution in [-0.2, 0) is 23.2 Å². The Morgan fingerprint density at radius 2 is 1.33 bits per heavy atom. The van der Waals surface area contributed by atoms with Crippen molar-refractivity contribution in [2.24, 2.45) is 0 Å². The van der Waals surface area contributed by atoms with Crippen molar-refractivity contribution in [3.63, 3.8) is 0 Å². The molecule has 4 aromatic carbocycles. The number of hydrogen-bond acceptors (Lipinski definition) is 1. The van der Waals surface area contributed by atoms with Crippen LogP contribution in [0, 0.1) is 0 Å². The molecule has 0 aromatic heterocycles. The van der Waals surface area contributed by atoms with Crippen LogP contribution in [0.4, 0.5) is 0 Å². The van der Waals surface area contributed by atoms with E-state index in [1.165, 1.54) is 34.4 Å². The van der Waals surface area contributed by atoms with Gasteiger partial charge in [-0.05, 0) is 0 Å². The molecule has 6 bridgehead atoms. The van der Waals surface area contributed by atoms with E-state index in [-0.39, 0.29) is 36.6 Å². The molecular formula is C30H18Cl4OZr. The Bertz CT molecular complexity index is 1540. The summed E-state index contributed by atoms with van der Waals surface area (Å²) < 4.78 is 9.29. The maximum Gasteiger partial charge on any atom is -1.00 e. The zero-order chi connectivity index (χ0) is 22.8. The van der Waals surface area contributed by atoms with Crippen LogP contribution in [0.25, 0.3) is 12.2 Å². The Morgan fingerprint density at radius 3 is 2.17 bits per heavy atom. The Labute approximate surface area is 244 Å². The first-order valence-electron chi connectivity index (χ1n) is 11.3. The summed E-state index contributed by atoms with van der Waals surface area (Å²) >= 11 is 12.4. The number of fused-ring (bicyclic) bond motifs is 4. The molecule has 0 radical (unpaired) electrons. The summed E-state index contributed by atoms with van der Waals surface area (Å²) in [6, 6.07) is 29.5. The molecule has 36 heavy (non-hydrogen) atoms. The van der Waals surface area contributed by atoms with Gasteiger partial charge in [0.2, 0.25) is 0 Å². The van der Waals surface area contributed by atoms with Gasteiger partial charge in [-0.15, -0.1) is 0 Å². The van der Waals surface area contributed by atoms with Crippen LogP contribution in [0.1, 0.15) is 45.2 Å². The minimum absolute atomic E-state index is 0. The van der Waals surface area contributed by atoms with Crippen LogP contribution < -0.4 is 29.6 Å². The van der Waals surface area contributed by atoms with E-state index < -0.39 is 23.2 Å². The minimum atomic E-state index is -1.19. The first kappa shape index (κ1) is 25.8. The van der Waals surface area contributed by atoms with Gasteiger partial charge in [-0.25, -0.2) is 0 Å². The Morgan fingerprint density at radius 1 is 0.639 bits per heavy atom. The van der Waals surface area contributed by atoms with Crippen molar-refractivity contribution in [1.29, 1.82) is 0 Å². The van der Waals surface area contributed by atoms with Crippen molar-refractivity contribution in [2.45, 2.75) is 11.8 Å². The van der Waals surface area contributed by atoms with Gasteiger partial charge in [0.05, 0.1) is 0 Å². The zero-order valence-electron chi connectivity index (χ0n) is 18.8. The largest absolute Gasteiger partial charge is 1.00 e. The second-order valence-electron chi connectivity index (χ2n) is 8.89. The van der Waals surface area contributed by atoms with E-state index in [1.807, 2.05) is 24.3 Å². The summed E-state index contributed by atoms with van der Waals surface area (Å²) in [5, 5.41) is 1.66. The fourth-order valence-electron chi connectivity index (χ4n) is 5.51. The Hall–Kier alpha value is -1.80. The molecule has 2 unspecified atom stereocenters. The van der Waals surface area contributed by atoms with Gasteiger partial charge in [0.25, 0.3) is 0 Å². The summed E-state index contributed by atoms with van der Waals surface area (Å²) in [4.78, 5) is 0. The number of rotatable bonds is 3. The smallest absolute Gasteiger partial charge is 1.00 e. The van der Waals surface area contributed by atoms with Gasteiger partial charge in [0.15, 0.2) is 0 Å². The standard InChI is InChI=1S/C15H8ClO.C15H10Cl.2ClH.Zr/c16-13-6-7-14-12-5-4-11(15(12)13)9-2-1-3-10(8-9)17-14;16-14-8-4-7-12-9-10-13(15(12)14)11-5-2-1-3-6-11;;;/h1-3,5-8,11H;1-9,13H;2*1H;/q;;;;+2/p-2. The number of ether oxygens (including phenoxy) is 1. The third kappa shape index (κ3) is 4.12. The van der Waals surface area contributed by atoms with Crippen molar-refractivity contribution in [1.82, 2.24) is 0 Å². The van der Waals surface area contributed by atoms with Crippen LogP contribution in [0.2, 0.25) is 10.0 Å². The molecule has 1 heterocycles. The molecule has 0 N–H and O–H groups in total. The predicted molar refractivity (Wildman–Crippen MR) is 136 cm³/mol. The van der Waals surface area contributed by atoms with E-state index >= 15 is 0 Å². The van der Waals surface area contributed by atoms with Crippen LogP contribution in [0.5, 0.6) is 11.5 Å². The first-order chi connectivity index (χ1) is 16.7. The van der Waals surface area contributed by atoms with Crippen LogP contribution in [0.15, 0.2) is 91.5 Å². The SMILES string of the molecule is Clc1cccc2c1C(c1ccccc1)[C]([Zr+2][C]1=Cc3c4ccc(Cl)c3C1c1cccc(c1)O4)=C2.[Cl-].[Cl-]. The molecule has 176 valence electrons. The molecule has 3 aliphatic rings. The molecule has 6 heteroatoms. The second-order valence-corrected chi connectivity index (χ2v) is 13.2. The van der Waals surface area contributed by atoms with E-state index in [0.717, 1.165) is 27.1 Å². The molecule has 0 spiro atoms. The van der Waals surface area contributed by atoms with Crippen molar-refractivity contribution < 1.29 is 52.8 Å². The van der Waals surface area contributed by atoms with Gasteiger partial charge in [-0.2, -0.15) is 0 Å². The third-order valence-electron chi connectivity index (χ3n) is 6.93. The van der Waals surface area contributed by atoms with Gasteiger partial charge in [0.1, 0.15) is 0 Å². The molecule has 2 atom stereocenters. The van der Waals surface area contributed by atoms with Gasteiger partial charge in [0, 0.05) is 0 Å². The number of hydrogen-bond donors (Lipinski definition) is 0. The zero-order valence-corrected chi connectivity index (χ0v) is 24.3. The normalized spacial score (nSPS) is 17.7. The number of benzene rings is 4. The molecular weight excluding hydrogens is 609 g/mol. The second kappa shape index (κ2) is 10.2. The fraction of sp³-hybridized carbons (Fsp3) is 0.0667. The topological polar surface area (TPSA) is 9.23 Å². The molecule has 0 fully saturated rings. The maximum atomic E-state index is 6.81. The molecule has 4 aromatic rings. The molecule has 1 nitrogen and oxygen atoms in total. The van der Waals surface area contributed by atoms with E-state index in [0.29, 0.717) is 0 Å². The summed E-state index contributed by atoms with van der Waals surface area (Å²) in [5.41, 5.74) is 7.39. The van der Waals surface area contributed by atoms with E-state index in [1.54, 1.807) is 0 Å². The van der Waals surface area contributed by atoms with Gasteiger partial charge < -0.3 is 24.8 Å². The number of allylic oxidation sites excluding steroid dienone is 2. The van der Waals surface area contributed by atoms with Crippen molar-refractivity contribution >= 4 is 35.4 Å². The van der Waals surface area contributed by atoms with Gasteiger partial charge in [-0.1, -0.05) is 0 Å². The summed E-state index contributed by atoms with van der Waals surface area (Å²) in [5.74, 6) is 2.18. The Kier molecular flexibility index (Phi) is 7.29. The van der Waals surface area contributed by atoms with Crippen LogP contribution in [-0.4, -0.2) is 0 Å². The quantitative estimate of drug-likeness (QED) is 0.340. The summed E-state index contributed by atoms with van der Waals surface area (Å²) in [6.07, 6.45) is 4.78. The maximum absolute atomic E-state index is 6.81. The number of halogens is 4. The average Bonchev–Trinajstić information content (AvgIpc) is 3.42. The van der Waals surface area contributed by atoms with Crippen molar-refractivity contribution in [3.05, 3.63) is 135 Å². The third-order valence-corrected chi connectivity index (χ3v) is 11.1. The van der Waals surface area contributed by atoms with Crippen molar-refractivity contribution in [2.75, 3.05) is 0 Å². The monoisotopic (exact) mass is 624 g/mol. The Balaban J connectivity index is 0.00000133. The van der Waals surface area contributed by atoms with E-state index in [2.05, 4.69) is 72.8 Å².